The Balaban J connectivity index is 2.56. The van der Waals surface area contributed by atoms with Gasteiger partial charge in [0.15, 0.2) is 5.79 Å². The van der Waals surface area contributed by atoms with Crippen molar-refractivity contribution in [2.24, 2.45) is 5.41 Å². The van der Waals surface area contributed by atoms with Gasteiger partial charge in [-0.25, -0.2) is 0 Å². The fraction of sp³-hybridized carbons (Fsp3) is 1.00. The van der Waals surface area contributed by atoms with E-state index in [0.717, 1.165) is 6.42 Å². The van der Waals surface area contributed by atoms with Crippen LogP contribution in [0.1, 0.15) is 61.3 Å². The molecule has 0 saturated carbocycles. The topological polar surface area (TPSA) is 18.5 Å². The molecule has 1 saturated heterocycles. The van der Waals surface area contributed by atoms with Gasteiger partial charge < -0.3 is 9.47 Å². The molecule has 1 atom stereocenters. The van der Waals surface area contributed by atoms with Crippen molar-refractivity contribution in [3.63, 3.8) is 0 Å². The van der Waals surface area contributed by atoms with E-state index in [1.54, 1.807) is 0 Å². The van der Waals surface area contributed by atoms with E-state index in [9.17, 15) is 0 Å². The van der Waals surface area contributed by atoms with E-state index in [2.05, 4.69) is 34.6 Å². The van der Waals surface area contributed by atoms with Crippen molar-refractivity contribution in [1.82, 2.24) is 0 Å². The van der Waals surface area contributed by atoms with Crippen LogP contribution in [0.25, 0.3) is 0 Å². The van der Waals surface area contributed by atoms with Crippen molar-refractivity contribution in [2.45, 2.75) is 78.8 Å². The van der Waals surface area contributed by atoms with E-state index in [-0.39, 0.29) is 11.7 Å². The molecule has 0 N–H and O–H groups in total. The standard InChI is InChI=1S/C13H26O2/c1-11(2,3)9-8-10-12(4,5)15-13(6,7)14-10/h10H,8-9H2,1-7H3. The minimum atomic E-state index is -0.425. The Morgan fingerprint density at radius 3 is 1.93 bits per heavy atom. The highest BCUT2D eigenvalue weighted by molar-refractivity contribution is 4.89. The van der Waals surface area contributed by atoms with Crippen molar-refractivity contribution in [3.05, 3.63) is 0 Å². The molecule has 0 aliphatic carbocycles. The Morgan fingerprint density at radius 1 is 1.07 bits per heavy atom. The molecule has 2 nitrogen and oxygen atoms in total. The molecule has 2 heteroatoms. The first kappa shape index (κ1) is 13.0. The largest absolute Gasteiger partial charge is 0.344 e. The summed E-state index contributed by atoms with van der Waals surface area (Å²) >= 11 is 0. The van der Waals surface area contributed by atoms with E-state index >= 15 is 0 Å². The Labute approximate surface area is 94.3 Å². The average Bonchev–Trinajstić information content (AvgIpc) is 2.13. The van der Waals surface area contributed by atoms with Gasteiger partial charge in [-0.05, 0) is 46.0 Å². The van der Waals surface area contributed by atoms with Crippen LogP contribution in [0.3, 0.4) is 0 Å². The molecule has 1 rings (SSSR count). The second-order valence-corrected chi connectivity index (χ2v) is 6.81. The summed E-state index contributed by atoms with van der Waals surface area (Å²) in [5.41, 5.74) is 0.209. The van der Waals surface area contributed by atoms with Crippen LogP contribution < -0.4 is 0 Å². The lowest BCUT2D eigenvalue weighted by Gasteiger charge is -2.26. The molecule has 1 aliphatic heterocycles. The molecule has 1 unspecified atom stereocenters. The second-order valence-electron chi connectivity index (χ2n) is 6.81. The molecule has 15 heavy (non-hydrogen) atoms. The maximum atomic E-state index is 5.94. The first-order chi connectivity index (χ1) is 6.52. The monoisotopic (exact) mass is 214 g/mol. The summed E-state index contributed by atoms with van der Waals surface area (Å²) < 4.78 is 11.8. The van der Waals surface area contributed by atoms with Crippen LogP contribution in [0.2, 0.25) is 0 Å². The Hall–Kier alpha value is -0.0800. The van der Waals surface area contributed by atoms with E-state index in [1.165, 1.54) is 6.42 Å². The number of rotatable bonds is 2. The van der Waals surface area contributed by atoms with E-state index < -0.39 is 5.79 Å². The van der Waals surface area contributed by atoms with Gasteiger partial charge in [-0.2, -0.15) is 0 Å². The summed E-state index contributed by atoms with van der Waals surface area (Å²) in [7, 11) is 0. The lowest BCUT2D eigenvalue weighted by atomic mass is 9.86. The summed E-state index contributed by atoms with van der Waals surface area (Å²) in [6.07, 6.45) is 2.45. The molecule has 0 bridgehead atoms. The van der Waals surface area contributed by atoms with Crippen LogP contribution in [0.15, 0.2) is 0 Å². The quantitative estimate of drug-likeness (QED) is 0.697. The molecule has 0 aromatic rings. The third kappa shape index (κ3) is 3.76. The first-order valence-corrected chi connectivity index (χ1v) is 5.90. The molecule has 0 aromatic heterocycles. The van der Waals surface area contributed by atoms with Gasteiger partial charge in [-0.15, -0.1) is 0 Å². The summed E-state index contributed by atoms with van der Waals surface area (Å²) in [6.45, 7) is 15.0. The third-order valence-electron chi connectivity index (χ3n) is 2.87. The Kier molecular flexibility index (Phi) is 3.24. The minimum Gasteiger partial charge on any atom is -0.344 e. The van der Waals surface area contributed by atoms with Crippen LogP contribution in [-0.4, -0.2) is 17.5 Å². The van der Waals surface area contributed by atoms with Gasteiger partial charge in [0.25, 0.3) is 0 Å². The number of ether oxygens (including phenoxy) is 2. The van der Waals surface area contributed by atoms with Gasteiger partial charge >= 0.3 is 0 Å². The zero-order valence-corrected chi connectivity index (χ0v) is 11.3. The van der Waals surface area contributed by atoms with E-state index in [0.29, 0.717) is 5.41 Å². The smallest absolute Gasteiger partial charge is 0.164 e. The normalized spacial score (nSPS) is 29.4. The molecule has 0 spiro atoms. The molecular weight excluding hydrogens is 188 g/mol. The van der Waals surface area contributed by atoms with Crippen molar-refractivity contribution >= 4 is 0 Å². The van der Waals surface area contributed by atoms with Crippen molar-refractivity contribution < 1.29 is 9.47 Å². The van der Waals surface area contributed by atoms with Crippen LogP contribution in [0, 0.1) is 5.41 Å². The van der Waals surface area contributed by atoms with Crippen molar-refractivity contribution in [3.8, 4) is 0 Å². The number of hydrogen-bond donors (Lipinski definition) is 0. The summed E-state index contributed by atoms with van der Waals surface area (Å²) in [6, 6.07) is 0. The van der Waals surface area contributed by atoms with Crippen LogP contribution >= 0.6 is 0 Å². The fourth-order valence-corrected chi connectivity index (χ4v) is 2.18. The number of hydrogen-bond acceptors (Lipinski definition) is 2. The highest BCUT2D eigenvalue weighted by atomic mass is 16.8. The van der Waals surface area contributed by atoms with Gasteiger partial charge in [0.05, 0.1) is 11.7 Å². The Bertz CT molecular complexity index is 223. The van der Waals surface area contributed by atoms with Crippen molar-refractivity contribution in [1.29, 1.82) is 0 Å². The van der Waals surface area contributed by atoms with Crippen LogP contribution in [0.4, 0.5) is 0 Å². The fourth-order valence-electron chi connectivity index (χ4n) is 2.18. The van der Waals surface area contributed by atoms with Crippen LogP contribution in [0.5, 0.6) is 0 Å². The van der Waals surface area contributed by atoms with Crippen LogP contribution in [-0.2, 0) is 9.47 Å². The molecule has 1 heterocycles. The van der Waals surface area contributed by atoms with Gasteiger partial charge in [-0.3, -0.25) is 0 Å². The predicted molar refractivity (Wildman–Crippen MR) is 62.8 cm³/mol. The molecular formula is C13H26O2. The summed E-state index contributed by atoms with van der Waals surface area (Å²) in [4.78, 5) is 0. The Morgan fingerprint density at radius 2 is 1.60 bits per heavy atom. The zero-order valence-electron chi connectivity index (χ0n) is 11.3. The third-order valence-corrected chi connectivity index (χ3v) is 2.87. The highest BCUT2D eigenvalue weighted by Crippen LogP contribution is 2.39. The summed E-state index contributed by atoms with van der Waals surface area (Å²) in [5, 5.41) is 0. The lowest BCUT2D eigenvalue weighted by molar-refractivity contribution is -0.157. The highest BCUT2D eigenvalue weighted by Gasteiger charge is 2.46. The minimum absolute atomic E-state index is 0.158. The molecule has 1 fully saturated rings. The lowest BCUT2D eigenvalue weighted by Crippen LogP contribution is -2.33. The zero-order chi connectivity index (χ0) is 11.9. The van der Waals surface area contributed by atoms with Gasteiger partial charge in [-0.1, -0.05) is 20.8 Å². The molecule has 0 amide bonds. The van der Waals surface area contributed by atoms with Gasteiger partial charge in [0, 0.05) is 0 Å². The first-order valence-electron chi connectivity index (χ1n) is 5.90. The van der Waals surface area contributed by atoms with Gasteiger partial charge in [0.1, 0.15) is 0 Å². The predicted octanol–water partition coefficient (Wildman–Crippen LogP) is 3.74. The molecule has 0 aromatic carbocycles. The SMILES string of the molecule is CC(C)(C)CCC1OC(C)(C)OC1(C)C. The van der Waals surface area contributed by atoms with E-state index in [4.69, 9.17) is 9.47 Å². The molecule has 90 valence electrons. The molecule has 1 aliphatic rings. The van der Waals surface area contributed by atoms with Crippen molar-refractivity contribution in [2.75, 3.05) is 0 Å². The average molecular weight is 214 g/mol. The molecule has 0 radical (unpaired) electrons. The summed E-state index contributed by atoms with van der Waals surface area (Å²) in [5.74, 6) is -0.425. The van der Waals surface area contributed by atoms with Gasteiger partial charge in [0.2, 0.25) is 0 Å². The van der Waals surface area contributed by atoms with E-state index in [1.807, 2.05) is 13.8 Å². The second kappa shape index (κ2) is 3.74. The maximum Gasteiger partial charge on any atom is 0.164 e. The maximum absolute atomic E-state index is 5.94.